The van der Waals surface area contributed by atoms with Gasteiger partial charge in [-0.3, -0.25) is 9.59 Å². The Morgan fingerprint density at radius 3 is 2.96 bits per heavy atom. The van der Waals surface area contributed by atoms with Crippen LogP contribution in [0.5, 0.6) is 0 Å². The van der Waals surface area contributed by atoms with E-state index in [0.717, 1.165) is 24.8 Å². The number of piperidine rings is 1. The minimum atomic E-state index is -0.135. The molecular weight excluding hydrogens is 352 g/mol. The number of fused-ring (bicyclic) bond motifs is 1. The Morgan fingerprint density at radius 2 is 2.19 bits per heavy atom. The molecule has 1 aliphatic heterocycles. The smallest absolute Gasteiger partial charge is 0.244 e. The Morgan fingerprint density at radius 1 is 1.38 bits per heavy atom. The predicted octanol–water partition coefficient (Wildman–Crippen LogP) is 2.79. The van der Waals surface area contributed by atoms with E-state index in [2.05, 4.69) is 10.6 Å². The molecule has 1 aliphatic carbocycles. The van der Waals surface area contributed by atoms with Crippen molar-refractivity contribution >= 4 is 29.5 Å². The highest BCUT2D eigenvalue weighted by Gasteiger charge is 2.40. The van der Waals surface area contributed by atoms with E-state index in [4.69, 9.17) is 16.3 Å². The maximum Gasteiger partial charge on any atom is 0.244 e. The minimum absolute atomic E-state index is 0.0706. The molecule has 5 nitrogen and oxygen atoms in total. The van der Waals surface area contributed by atoms with Crippen LogP contribution >= 0.6 is 11.6 Å². The van der Waals surface area contributed by atoms with E-state index in [1.807, 2.05) is 18.2 Å². The van der Waals surface area contributed by atoms with Gasteiger partial charge >= 0.3 is 0 Å². The fourth-order valence-corrected chi connectivity index (χ4v) is 4.33. The van der Waals surface area contributed by atoms with Gasteiger partial charge in [-0.2, -0.15) is 0 Å². The van der Waals surface area contributed by atoms with Crippen LogP contribution in [-0.4, -0.2) is 37.6 Å². The lowest BCUT2D eigenvalue weighted by atomic mass is 9.71. The fourth-order valence-electron chi connectivity index (χ4n) is 4.13. The van der Waals surface area contributed by atoms with Crippen molar-refractivity contribution in [1.82, 2.24) is 10.6 Å². The quantitative estimate of drug-likeness (QED) is 0.776. The minimum Gasteiger partial charge on any atom is -0.384 e. The number of hydrogen-bond donors (Lipinski definition) is 2. The van der Waals surface area contributed by atoms with Gasteiger partial charge in [0, 0.05) is 43.3 Å². The molecule has 1 aromatic carbocycles. The summed E-state index contributed by atoms with van der Waals surface area (Å²) in [7, 11) is 1.68. The van der Waals surface area contributed by atoms with E-state index in [9.17, 15) is 9.59 Å². The summed E-state index contributed by atoms with van der Waals surface area (Å²) >= 11 is 6.10. The number of carbonyl (C=O) groups excluding carboxylic acids is 2. The van der Waals surface area contributed by atoms with Crippen LogP contribution in [-0.2, 0) is 14.3 Å². The molecule has 1 saturated heterocycles. The fraction of sp³-hybridized carbons (Fsp3) is 0.500. The lowest BCUT2D eigenvalue weighted by Gasteiger charge is -2.43. The molecule has 0 bridgehead atoms. The number of benzene rings is 1. The summed E-state index contributed by atoms with van der Waals surface area (Å²) in [4.78, 5) is 24.2. The summed E-state index contributed by atoms with van der Waals surface area (Å²) in [6.07, 6.45) is 6.44. The molecule has 140 valence electrons. The van der Waals surface area contributed by atoms with Crippen molar-refractivity contribution in [3.05, 3.63) is 40.9 Å². The van der Waals surface area contributed by atoms with E-state index in [-0.39, 0.29) is 29.8 Å². The predicted molar refractivity (Wildman–Crippen MR) is 102 cm³/mol. The number of hydrogen-bond acceptors (Lipinski definition) is 3. The Kier molecular flexibility index (Phi) is 6.33. The standard InChI is InChI=1S/C20H25ClN2O3/c1-26-12-14-10-20(25)23-18-11-15(7-8-16(14)18)22-19(24)9-6-13-4-2-3-5-17(13)21/h2-6,9,14-16,18H,7-8,10-12H2,1H3,(H,22,24)(H,23,25)/b9-6+. The number of rotatable bonds is 5. The van der Waals surface area contributed by atoms with Gasteiger partial charge in [0.05, 0.1) is 0 Å². The largest absolute Gasteiger partial charge is 0.384 e. The van der Waals surface area contributed by atoms with E-state index in [0.29, 0.717) is 24.0 Å². The first-order valence-electron chi connectivity index (χ1n) is 9.08. The van der Waals surface area contributed by atoms with Crippen molar-refractivity contribution in [2.24, 2.45) is 11.8 Å². The van der Waals surface area contributed by atoms with Gasteiger partial charge in [0.15, 0.2) is 0 Å². The molecule has 0 radical (unpaired) electrons. The first-order valence-corrected chi connectivity index (χ1v) is 9.46. The monoisotopic (exact) mass is 376 g/mol. The molecule has 6 heteroatoms. The van der Waals surface area contributed by atoms with Crippen LogP contribution in [0.2, 0.25) is 5.02 Å². The molecule has 4 unspecified atom stereocenters. The molecule has 1 aromatic rings. The van der Waals surface area contributed by atoms with Crippen molar-refractivity contribution < 1.29 is 14.3 Å². The van der Waals surface area contributed by atoms with E-state index < -0.39 is 0 Å². The molecule has 26 heavy (non-hydrogen) atoms. The number of nitrogens with one attached hydrogen (secondary N) is 2. The van der Waals surface area contributed by atoms with Gasteiger partial charge in [0.1, 0.15) is 0 Å². The summed E-state index contributed by atoms with van der Waals surface area (Å²) in [5.74, 6) is 0.651. The van der Waals surface area contributed by atoms with Crippen LogP contribution < -0.4 is 10.6 Å². The van der Waals surface area contributed by atoms with E-state index in [1.54, 1.807) is 19.3 Å². The third-order valence-electron chi connectivity index (χ3n) is 5.35. The molecule has 1 heterocycles. The number of halogens is 1. The Hall–Kier alpha value is -1.85. The number of methoxy groups -OCH3 is 1. The average Bonchev–Trinajstić information content (AvgIpc) is 2.61. The highest BCUT2D eigenvalue weighted by atomic mass is 35.5. The summed E-state index contributed by atoms with van der Waals surface area (Å²) in [6.45, 7) is 0.617. The highest BCUT2D eigenvalue weighted by molar-refractivity contribution is 6.32. The van der Waals surface area contributed by atoms with E-state index >= 15 is 0 Å². The van der Waals surface area contributed by atoms with Gasteiger partial charge in [0.25, 0.3) is 0 Å². The molecule has 0 aromatic heterocycles. The molecule has 1 saturated carbocycles. The van der Waals surface area contributed by atoms with Crippen LogP contribution in [0.15, 0.2) is 30.3 Å². The summed E-state index contributed by atoms with van der Waals surface area (Å²) in [5.41, 5.74) is 0.815. The van der Waals surface area contributed by atoms with Crippen LogP contribution in [0.1, 0.15) is 31.2 Å². The van der Waals surface area contributed by atoms with Crippen molar-refractivity contribution in [3.63, 3.8) is 0 Å². The number of carbonyl (C=O) groups is 2. The lowest BCUT2D eigenvalue weighted by Crippen LogP contribution is -2.56. The van der Waals surface area contributed by atoms with Gasteiger partial charge < -0.3 is 15.4 Å². The van der Waals surface area contributed by atoms with Gasteiger partial charge in [-0.05, 0) is 48.8 Å². The Balaban J connectivity index is 1.56. The third kappa shape index (κ3) is 4.65. The zero-order valence-electron chi connectivity index (χ0n) is 14.9. The number of ether oxygens (including phenoxy) is 1. The maximum absolute atomic E-state index is 12.2. The van der Waals surface area contributed by atoms with Crippen LogP contribution in [0.25, 0.3) is 6.08 Å². The normalized spacial score (nSPS) is 28.5. The molecular formula is C20H25ClN2O3. The Bertz CT molecular complexity index is 691. The third-order valence-corrected chi connectivity index (χ3v) is 5.69. The first-order chi connectivity index (χ1) is 12.6. The molecule has 4 atom stereocenters. The van der Waals surface area contributed by atoms with E-state index in [1.165, 1.54) is 6.08 Å². The summed E-state index contributed by atoms with van der Waals surface area (Å²) in [6, 6.07) is 7.58. The zero-order chi connectivity index (χ0) is 18.5. The van der Waals surface area contributed by atoms with Gasteiger partial charge in [-0.1, -0.05) is 29.8 Å². The van der Waals surface area contributed by atoms with Crippen LogP contribution in [0.4, 0.5) is 0 Å². The van der Waals surface area contributed by atoms with Gasteiger partial charge in [0.2, 0.25) is 11.8 Å². The van der Waals surface area contributed by atoms with Crippen molar-refractivity contribution in [2.45, 2.75) is 37.8 Å². The second kappa shape index (κ2) is 8.69. The summed E-state index contributed by atoms with van der Waals surface area (Å²) < 4.78 is 5.28. The second-order valence-electron chi connectivity index (χ2n) is 7.13. The zero-order valence-corrected chi connectivity index (χ0v) is 15.7. The lowest BCUT2D eigenvalue weighted by molar-refractivity contribution is -0.128. The van der Waals surface area contributed by atoms with Crippen molar-refractivity contribution in [2.75, 3.05) is 13.7 Å². The Labute approximate surface area is 159 Å². The molecule has 2 N–H and O–H groups in total. The van der Waals surface area contributed by atoms with Gasteiger partial charge in [-0.15, -0.1) is 0 Å². The van der Waals surface area contributed by atoms with Gasteiger partial charge in [-0.25, -0.2) is 0 Å². The molecule has 2 aliphatic rings. The average molecular weight is 377 g/mol. The number of amides is 2. The van der Waals surface area contributed by atoms with Crippen LogP contribution in [0.3, 0.4) is 0 Å². The molecule has 2 amide bonds. The van der Waals surface area contributed by atoms with Crippen LogP contribution in [0, 0.1) is 11.8 Å². The van der Waals surface area contributed by atoms with Crippen molar-refractivity contribution in [1.29, 1.82) is 0 Å². The maximum atomic E-state index is 12.2. The SMILES string of the molecule is COCC1CC(=O)NC2CC(NC(=O)/C=C/c3ccccc3Cl)CCC12. The highest BCUT2D eigenvalue weighted by Crippen LogP contribution is 2.35. The molecule has 2 fully saturated rings. The molecule has 0 spiro atoms. The summed E-state index contributed by atoms with van der Waals surface area (Å²) in [5, 5.41) is 6.76. The second-order valence-corrected chi connectivity index (χ2v) is 7.54. The molecule has 3 rings (SSSR count). The first kappa shape index (κ1) is 18.9. The topological polar surface area (TPSA) is 67.4 Å². The van der Waals surface area contributed by atoms with Crippen molar-refractivity contribution in [3.8, 4) is 0 Å².